The number of halogens is 2. The molecule has 1 aliphatic carbocycles. The first kappa shape index (κ1) is 13.5. The van der Waals surface area contributed by atoms with Crippen LogP contribution in [0.2, 0.25) is 0 Å². The summed E-state index contributed by atoms with van der Waals surface area (Å²) in [5, 5.41) is 0. The molecule has 100 valence electrons. The van der Waals surface area contributed by atoms with Gasteiger partial charge in [-0.25, -0.2) is 8.78 Å². The lowest BCUT2D eigenvalue weighted by atomic mass is 9.79. The van der Waals surface area contributed by atoms with Crippen LogP contribution in [0.3, 0.4) is 0 Å². The highest BCUT2D eigenvalue weighted by molar-refractivity contribution is 5.20. The third-order valence-corrected chi connectivity index (χ3v) is 4.32. The van der Waals surface area contributed by atoms with E-state index in [9.17, 15) is 8.78 Å². The first-order valence-electron chi connectivity index (χ1n) is 6.72. The molecule has 0 aliphatic heterocycles. The van der Waals surface area contributed by atoms with E-state index in [1.54, 1.807) is 0 Å². The third-order valence-electron chi connectivity index (χ3n) is 4.32. The Bertz CT molecular complexity index is 399. The van der Waals surface area contributed by atoms with Crippen molar-refractivity contribution in [3.8, 4) is 0 Å². The molecule has 2 N–H and O–H groups in total. The molecule has 0 heterocycles. The molecule has 0 spiro atoms. The molecule has 1 aromatic rings. The van der Waals surface area contributed by atoms with Crippen LogP contribution in [0.25, 0.3) is 0 Å². The fourth-order valence-corrected chi connectivity index (χ4v) is 3.24. The van der Waals surface area contributed by atoms with Crippen LogP contribution in [0, 0.1) is 23.0 Å². The van der Waals surface area contributed by atoms with Crippen LogP contribution in [-0.4, -0.2) is 6.54 Å². The summed E-state index contributed by atoms with van der Waals surface area (Å²) in [6, 6.07) is 3.78. The molecular formula is C15H21F2N. The fraction of sp³-hybridized carbons (Fsp3) is 0.600. The van der Waals surface area contributed by atoms with Crippen molar-refractivity contribution in [3.63, 3.8) is 0 Å². The van der Waals surface area contributed by atoms with Crippen molar-refractivity contribution in [1.82, 2.24) is 0 Å². The highest BCUT2D eigenvalue weighted by atomic mass is 19.1. The Morgan fingerprint density at radius 1 is 1.28 bits per heavy atom. The summed E-state index contributed by atoms with van der Waals surface area (Å²) in [5.41, 5.74) is 6.70. The zero-order valence-electron chi connectivity index (χ0n) is 10.9. The molecule has 0 saturated heterocycles. The van der Waals surface area contributed by atoms with Crippen molar-refractivity contribution in [1.29, 1.82) is 0 Å². The topological polar surface area (TPSA) is 26.0 Å². The second kappa shape index (κ2) is 5.35. The van der Waals surface area contributed by atoms with E-state index in [1.807, 2.05) is 0 Å². The Hall–Kier alpha value is -0.960. The van der Waals surface area contributed by atoms with Gasteiger partial charge >= 0.3 is 0 Å². The molecule has 2 unspecified atom stereocenters. The predicted molar refractivity (Wildman–Crippen MR) is 69.2 cm³/mol. The molecule has 2 atom stereocenters. The van der Waals surface area contributed by atoms with E-state index in [4.69, 9.17) is 5.73 Å². The van der Waals surface area contributed by atoms with Gasteiger partial charge in [0.25, 0.3) is 0 Å². The van der Waals surface area contributed by atoms with E-state index >= 15 is 0 Å². The summed E-state index contributed by atoms with van der Waals surface area (Å²) >= 11 is 0. The zero-order chi connectivity index (χ0) is 13.2. The van der Waals surface area contributed by atoms with Gasteiger partial charge in [-0.3, -0.25) is 0 Å². The molecule has 2 rings (SSSR count). The Labute approximate surface area is 107 Å². The van der Waals surface area contributed by atoms with Gasteiger partial charge < -0.3 is 5.73 Å². The lowest BCUT2D eigenvalue weighted by Crippen LogP contribution is -2.30. The van der Waals surface area contributed by atoms with Crippen molar-refractivity contribution < 1.29 is 8.78 Å². The Kier molecular flexibility index (Phi) is 4.00. The molecule has 1 aromatic carbocycles. The van der Waals surface area contributed by atoms with Crippen LogP contribution in [0.1, 0.15) is 38.2 Å². The lowest BCUT2D eigenvalue weighted by Gasteiger charge is -2.28. The molecule has 1 aliphatic rings. The average molecular weight is 253 g/mol. The Balaban J connectivity index is 2.15. The first-order chi connectivity index (χ1) is 8.57. The maximum absolute atomic E-state index is 13.2. The molecular weight excluding hydrogens is 232 g/mol. The van der Waals surface area contributed by atoms with E-state index in [0.717, 1.165) is 24.5 Å². The van der Waals surface area contributed by atoms with Gasteiger partial charge in [0.05, 0.1) is 0 Å². The summed E-state index contributed by atoms with van der Waals surface area (Å²) in [6.07, 6.45) is 5.19. The van der Waals surface area contributed by atoms with Crippen molar-refractivity contribution in [2.24, 2.45) is 17.1 Å². The van der Waals surface area contributed by atoms with E-state index in [-0.39, 0.29) is 5.41 Å². The second-order valence-electron chi connectivity index (χ2n) is 5.68. The maximum atomic E-state index is 13.2. The number of hydrogen-bond acceptors (Lipinski definition) is 1. The predicted octanol–water partition coefficient (Wildman–Crippen LogP) is 3.66. The van der Waals surface area contributed by atoms with Crippen LogP contribution < -0.4 is 5.73 Å². The smallest absolute Gasteiger partial charge is 0.126 e. The first-order valence-corrected chi connectivity index (χ1v) is 6.72. The molecule has 0 bridgehead atoms. The van der Waals surface area contributed by atoms with Gasteiger partial charge in [-0.15, -0.1) is 0 Å². The van der Waals surface area contributed by atoms with Crippen LogP contribution in [0.4, 0.5) is 8.78 Å². The number of rotatable bonds is 4. The van der Waals surface area contributed by atoms with Crippen molar-refractivity contribution in [2.75, 3.05) is 6.54 Å². The molecule has 1 saturated carbocycles. The lowest BCUT2D eigenvalue weighted by molar-refractivity contribution is 0.290. The van der Waals surface area contributed by atoms with Crippen LogP contribution in [0.15, 0.2) is 18.2 Å². The van der Waals surface area contributed by atoms with Crippen LogP contribution in [-0.2, 0) is 6.42 Å². The van der Waals surface area contributed by atoms with Crippen LogP contribution >= 0.6 is 0 Å². The highest BCUT2D eigenvalue weighted by Gasteiger charge is 2.37. The van der Waals surface area contributed by atoms with E-state index < -0.39 is 11.6 Å². The van der Waals surface area contributed by atoms with Gasteiger partial charge in [0, 0.05) is 6.07 Å². The minimum atomic E-state index is -0.498. The molecule has 3 heteroatoms. The number of benzene rings is 1. The molecule has 18 heavy (non-hydrogen) atoms. The fourth-order valence-electron chi connectivity index (χ4n) is 3.24. The van der Waals surface area contributed by atoms with Gasteiger partial charge in [0.1, 0.15) is 11.6 Å². The monoisotopic (exact) mass is 253 g/mol. The van der Waals surface area contributed by atoms with Crippen molar-refractivity contribution >= 4 is 0 Å². The quantitative estimate of drug-likeness (QED) is 0.870. The second-order valence-corrected chi connectivity index (χ2v) is 5.68. The zero-order valence-corrected chi connectivity index (χ0v) is 10.9. The van der Waals surface area contributed by atoms with E-state index in [1.165, 1.54) is 25.0 Å². The van der Waals surface area contributed by atoms with Crippen molar-refractivity contribution in [2.45, 2.75) is 39.0 Å². The van der Waals surface area contributed by atoms with Gasteiger partial charge in [-0.1, -0.05) is 13.3 Å². The van der Waals surface area contributed by atoms with Crippen molar-refractivity contribution in [3.05, 3.63) is 35.4 Å². The Morgan fingerprint density at radius 3 is 2.44 bits per heavy atom. The maximum Gasteiger partial charge on any atom is 0.126 e. The largest absolute Gasteiger partial charge is 0.330 e. The normalized spacial score (nSPS) is 27.7. The molecule has 0 aromatic heterocycles. The summed E-state index contributed by atoms with van der Waals surface area (Å²) in [4.78, 5) is 0. The minimum Gasteiger partial charge on any atom is -0.330 e. The summed E-state index contributed by atoms with van der Waals surface area (Å²) in [7, 11) is 0. The third kappa shape index (κ3) is 2.89. The molecule has 0 radical (unpaired) electrons. The SMILES string of the molecule is CCC1CCC(CN)(Cc2cc(F)cc(F)c2)C1. The van der Waals surface area contributed by atoms with Gasteiger partial charge in [-0.2, -0.15) is 0 Å². The molecule has 1 nitrogen and oxygen atoms in total. The molecule has 0 amide bonds. The van der Waals surface area contributed by atoms with Gasteiger partial charge in [0.15, 0.2) is 0 Å². The number of hydrogen-bond donors (Lipinski definition) is 1. The van der Waals surface area contributed by atoms with Gasteiger partial charge in [0.2, 0.25) is 0 Å². The van der Waals surface area contributed by atoms with E-state index in [2.05, 4.69) is 6.92 Å². The minimum absolute atomic E-state index is 0.0426. The Morgan fingerprint density at radius 2 is 1.94 bits per heavy atom. The van der Waals surface area contributed by atoms with Crippen LogP contribution in [0.5, 0.6) is 0 Å². The average Bonchev–Trinajstić information content (AvgIpc) is 2.72. The number of nitrogens with two attached hydrogens (primary N) is 1. The summed E-state index contributed by atoms with van der Waals surface area (Å²) in [5.74, 6) is -0.281. The van der Waals surface area contributed by atoms with E-state index in [0.29, 0.717) is 18.9 Å². The standard InChI is InChI=1S/C15H21F2N/c1-2-11-3-4-15(8-11,10-18)9-12-5-13(16)7-14(17)6-12/h5-7,11H,2-4,8-10,18H2,1H3. The summed E-state index contributed by atoms with van der Waals surface area (Å²) in [6.45, 7) is 2.79. The summed E-state index contributed by atoms with van der Waals surface area (Å²) < 4.78 is 26.4. The highest BCUT2D eigenvalue weighted by Crippen LogP contribution is 2.44. The molecule has 1 fully saturated rings. The van der Waals surface area contributed by atoms with Gasteiger partial charge in [-0.05, 0) is 61.3 Å².